The molecule has 1 N–H and O–H groups in total. The van der Waals surface area contributed by atoms with E-state index in [1.54, 1.807) is 0 Å². The van der Waals surface area contributed by atoms with Crippen LogP contribution in [0, 0.1) is 0 Å². The Bertz CT molecular complexity index is 566. The summed E-state index contributed by atoms with van der Waals surface area (Å²) in [6.45, 7) is 1.08. The molecule has 1 aromatic carbocycles. The average molecular weight is 334 g/mol. The van der Waals surface area contributed by atoms with Crippen molar-refractivity contribution in [1.29, 1.82) is 0 Å². The SMILES string of the molecule is O=C(C=Cc1cc(C(F)(F)F)ccc1Cl)NCC1CCCO1. The highest BCUT2D eigenvalue weighted by Crippen LogP contribution is 2.32. The minimum absolute atomic E-state index is 0.00879. The maximum atomic E-state index is 12.6. The van der Waals surface area contributed by atoms with E-state index >= 15 is 0 Å². The normalized spacial score (nSPS) is 18.8. The Labute approximate surface area is 131 Å². The van der Waals surface area contributed by atoms with Gasteiger partial charge in [-0.05, 0) is 42.7 Å². The summed E-state index contributed by atoms with van der Waals surface area (Å²) in [4.78, 5) is 11.6. The van der Waals surface area contributed by atoms with Gasteiger partial charge in [0.05, 0.1) is 11.7 Å². The predicted molar refractivity (Wildman–Crippen MR) is 77.5 cm³/mol. The zero-order chi connectivity index (χ0) is 16.2. The number of hydrogen-bond acceptors (Lipinski definition) is 2. The van der Waals surface area contributed by atoms with Gasteiger partial charge in [0.25, 0.3) is 0 Å². The largest absolute Gasteiger partial charge is 0.416 e. The summed E-state index contributed by atoms with van der Waals surface area (Å²) in [5.41, 5.74) is -0.667. The van der Waals surface area contributed by atoms with Crippen LogP contribution in [-0.2, 0) is 15.7 Å². The predicted octanol–water partition coefficient (Wildman–Crippen LogP) is 3.67. The van der Waals surface area contributed by atoms with Gasteiger partial charge in [0, 0.05) is 24.3 Å². The summed E-state index contributed by atoms with van der Waals surface area (Å²) >= 11 is 5.84. The standard InChI is InChI=1S/C15H15ClF3NO2/c16-13-5-4-11(15(17,18)19)8-10(13)3-6-14(21)20-9-12-2-1-7-22-12/h3-6,8,12H,1-2,7,9H2,(H,20,21). The highest BCUT2D eigenvalue weighted by molar-refractivity contribution is 6.32. The first-order valence-electron chi connectivity index (χ1n) is 6.80. The van der Waals surface area contributed by atoms with E-state index in [0.29, 0.717) is 13.2 Å². The van der Waals surface area contributed by atoms with Crippen molar-refractivity contribution in [3.8, 4) is 0 Å². The number of nitrogens with one attached hydrogen (secondary N) is 1. The number of hydrogen-bond donors (Lipinski definition) is 1. The summed E-state index contributed by atoms with van der Waals surface area (Å²) in [6.07, 6.45) is -0.150. The summed E-state index contributed by atoms with van der Waals surface area (Å²) < 4.78 is 43.2. The van der Waals surface area contributed by atoms with Crippen molar-refractivity contribution in [3.05, 3.63) is 40.4 Å². The van der Waals surface area contributed by atoms with Crippen LogP contribution in [0.1, 0.15) is 24.0 Å². The molecule has 1 unspecified atom stereocenters. The van der Waals surface area contributed by atoms with Crippen LogP contribution in [0.3, 0.4) is 0 Å². The van der Waals surface area contributed by atoms with E-state index in [-0.39, 0.29) is 16.7 Å². The maximum absolute atomic E-state index is 12.6. The van der Waals surface area contributed by atoms with Gasteiger partial charge in [0.2, 0.25) is 5.91 Å². The van der Waals surface area contributed by atoms with Gasteiger partial charge in [-0.15, -0.1) is 0 Å². The number of halogens is 4. The highest BCUT2D eigenvalue weighted by atomic mass is 35.5. The zero-order valence-corrected chi connectivity index (χ0v) is 12.4. The zero-order valence-electron chi connectivity index (χ0n) is 11.6. The minimum atomic E-state index is -4.45. The third-order valence-corrected chi connectivity index (χ3v) is 3.61. The summed E-state index contributed by atoms with van der Waals surface area (Å²) in [5, 5.41) is 2.79. The third-order valence-electron chi connectivity index (χ3n) is 3.27. The van der Waals surface area contributed by atoms with Crippen molar-refractivity contribution in [2.24, 2.45) is 0 Å². The molecular weight excluding hydrogens is 319 g/mol. The van der Waals surface area contributed by atoms with Crippen LogP contribution < -0.4 is 5.32 Å². The second-order valence-corrected chi connectivity index (χ2v) is 5.35. The van der Waals surface area contributed by atoms with Crippen molar-refractivity contribution in [2.45, 2.75) is 25.1 Å². The van der Waals surface area contributed by atoms with Gasteiger partial charge in [-0.3, -0.25) is 4.79 Å². The second kappa shape index (κ2) is 7.15. The lowest BCUT2D eigenvalue weighted by molar-refractivity contribution is -0.137. The van der Waals surface area contributed by atoms with Crippen LogP contribution >= 0.6 is 11.6 Å². The lowest BCUT2D eigenvalue weighted by Gasteiger charge is -2.09. The molecule has 1 fully saturated rings. The molecule has 0 bridgehead atoms. The number of carbonyl (C=O) groups excluding carboxylic acids is 1. The van der Waals surface area contributed by atoms with Gasteiger partial charge < -0.3 is 10.1 Å². The number of rotatable bonds is 4. The van der Waals surface area contributed by atoms with Crippen molar-refractivity contribution in [1.82, 2.24) is 5.32 Å². The molecule has 1 saturated heterocycles. The lowest BCUT2D eigenvalue weighted by atomic mass is 10.1. The smallest absolute Gasteiger partial charge is 0.376 e. The fourth-order valence-electron chi connectivity index (χ4n) is 2.09. The van der Waals surface area contributed by atoms with E-state index in [4.69, 9.17) is 16.3 Å². The first kappa shape index (κ1) is 16.8. The first-order chi connectivity index (χ1) is 10.4. The molecule has 1 aliphatic rings. The summed E-state index contributed by atoms with van der Waals surface area (Å²) in [6, 6.07) is 2.97. The molecule has 0 aromatic heterocycles. The topological polar surface area (TPSA) is 38.3 Å². The number of amides is 1. The minimum Gasteiger partial charge on any atom is -0.376 e. The van der Waals surface area contributed by atoms with Gasteiger partial charge in [-0.1, -0.05) is 11.6 Å². The van der Waals surface area contributed by atoms with Crippen molar-refractivity contribution in [3.63, 3.8) is 0 Å². The Hall–Kier alpha value is -1.53. The number of benzene rings is 1. The van der Waals surface area contributed by atoms with E-state index in [0.717, 1.165) is 37.1 Å². The molecule has 1 heterocycles. The molecule has 1 aliphatic heterocycles. The van der Waals surface area contributed by atoms with Crippen molar-refractivity contribution >= 4 is 23.6 Å². The average Bonchev–Trinajstić information content (AvgIpc) is 2.96. The van der Waals surface area contributed by atoms with Gasteiger partial charge >= 0.3 is 6.18 Å². The van der Waals surface area contributed by atoms with Crippen LogP contribution in [0.2, 0.25) is 5.02 Å². The van der Waals surface area contributed by atoms with E-state index in [2.05, 4.69) is 5.32 Å². The van der Waals surface area contributed by atoms with E-state index < -0.39 is 17.6 Å². The second-order valence-electron chi connectivity index (χ2n) is 4.95. The Morgan fingerprint density at radius 1 is 1.45 bits per heavy atom. The summed E-state index contributed by atoms with van der Waals surface area (Å²) in [5.74, 6) is -0.399. The number of carbonyl (C=O) groups is 1. The Balaban J connectivity index is 1.97. The first-order valence-corrected chi connectivity index (χ1v) is 7.18. The summed E-state index contributed by atoms with van der Waals surface area (Å²) in [7, 11) is 0. The molecule has 0 saturated carbocycles. The van der Waals surface area contributed by atoms with E-state index in [1.165, 1.54) is 6.08 Å². The molecule has 0 aliphatic carbocycles. The van der Waals surface area contributed by atoms with Crippen LogP contribution in [0.25, 0.3) is 6.08 Å². The monoisotopic (exact) mass is 333 g/mol. The Kier molecular flexibility index (Phi) is 5.47. The molecule has 0 spiro atoms. The van der Waals surface area contributed by atoms with Gasteiger partial charge in [0.15, 0.2) is 0 Å². The molecular formula is C15H15ClF3NO2. The Morgan fingerprint density at radius 2 is 2.23 bits per heavy atom. The molecule has 7 heteroatoms. The number of alkyl halides is 3. The fourth-order valence-corrected chi connectivity index (χ4v) is 2.27. The molecule has 2 rings (SSSR count). The lowest BCUT2D eigenvalue weighted by Crippen LogP contribution is -2.30. The molecule has 1 atom stereocenters. The quantitative estimate of drug-likeness (QED) is 0.854. The van der Waals surface area contributed by atoms with Gasteiger partial charge in [-0.25, -0.2) is 0 Å². The molecule has 22 heavy (non-hydrogen) atoms. The number of ether oxygens (including phenoxy) is 1. The van der Waals surface area contributed by atoms with E-state index in [9.17, 15) is 18.0 Å². The van der Waals surface area contributed by atoms with Crippen LogP contribution in [0.4, 0.5) is 13.2 Å². The van der Waals surface area contributed by atoms with Crippen LogP contribution in [0.15, 0.2) is 24.3 Å². The third kappa shape index (κ3) is 4.74. The Morgan fingerprint density at radius 3 is 2.86 bits per heavy atom. The van der Waals surface area contributed by atoms with Crippen molar-refractivity contribution in [2.75, 3.05) is 13.2 Å². The molecule has 1 amide bonds. The van der Waals surface area contributed by atoms with Gasteiger partial charge in [-0.2, -0.15) is 13.2 Å². The maximum Gasteiger partial charge on any atom is 0.416 e. The fraction of sp³-hybridized carbons (Fsp3) is 0.400. The molecule has 3 nitrogen and oxygen atoms in total. The molecule has 0 radical (unpaired) electrons. The van der Waals surface area contributed by atoms with E-state index in [1.807, 2.05) is 0 Å². The molecule has 120 valence electrons. The molecule has 1 aromatic rings. The van der Waals surface area contributed by atoms with Gasteiger partial charge in [0.1, 0.15) is 0 Å². The van der Waals surface area contributed by atoms with Crippen LogP contribution in [0.5, 0.6) is 0 Å². The highest BCUT2D eigenvalue weighted by Gasteiger charge is 2.30. The van der Waals surface area contributed by atoms with Crippen LogP contribution in [-0.4, -0.2) is 25.2 Å². The van der Waals surface area contributed by atoms with Crippen molar-refractivity contribution < 1.29 is 22.7 Å².